The molecular weight excluding hydrogens is 385 g/mol. The molecule has 2 amide bonds. The van der Waals surface area contributed by atoms with Crippen LogP contribution in [0.1, 0.15) is 12.5 Å². The van der Waals surface area contributed by atoms with Crippen LogP contribution >= 0.6 is 0 Å². The number of halogens is 3. The summed E-state index contributed by atoms with van der Waals surface area (Å²) in [5, 5.41) is 2.55. The van der Waals surface area contributed by atoms with E-state index in [1.165, 1.54) is 12.1 Å². The van der Waals surface area contributed by atoms with Crippen LogP contribution in [0.4, 0.5) is 23.7 Å². The number of carbonyl (C=O) groups excluding carboxylic acids is 1. The second kappa shape index (κ2) is 7.41. The Kier molecular flexibility index (Phi) is 4.93. The Morgan fingerprint density at radius 1 is 1.21 bits per heavy atom. The highest BCUT2D eigenvalue weighted by Gasteiger charge is 2.31. The van der Waals surface area contributed by atoms with E-state index in [2.05, 4.69) is 27.1 Å². The normalized spacial score (nSPS) is 21.7. The summed E-state index contributed by atoms with van der Waals surface area (Å²) in [4.78, 5) is 27.1. The first-order chi connectivity index (χ1) is 13.8. The van der Waals surface area contributed by atoms with Gasteiger partial charge in [0.05, 0.1) is 24.5 Å². The number of piperazine rings is 1. The first kappa shape index (κ1) is 19.3. The highest BCUT2D eigenvalue weighted by atomic mass is 19.4. The van der Waals surface area contributed by atoms with Crippen LogP contribution in [0.25, 0.3) is 0 Å². The van der Waals surface area contributed by atoms with Gasteiger partial charge < -0.3 is 20.0 Å². The Morgan fingerprint density at radius 2 is 1.97 bits per heavy atom. The van der Waals surface area contributed by atoms with E-state index in [9.17, 15) is 18.0 Å². The number of nitrogens with zero attached hydrogens (tertiary/aromatic N) is 5. The average molecular weight is 406 g/mol. The molecule has 1 atom stereocenters. The Bertz CT molecular complexity index is 886. The summed E-state index contributed by atoms with van der Waals surface area (Å²) in [6, 6.07) is 4.53. The van der Waals surface area contributed by atoms with Gasteiger partial charge in [0.1, 0.15) is 11.7 Å². The van der Waals surface area contributed by atoms with Gasteiger partial charge in [-0.15, -0.1) is 0 Å². The molecule has 1 N–H and O–H groups in total. The van der Waals surface area contributed by atoms with E-state index in [0.29, 0.717) is 32.2 Å². The lowest BCUT2D eigenvalue weighted by Crippen LogP contribution is -2.50. The smallest absolute Gasteiger partial charge is 0.353 e. The molecular formula is C19H21F3N6O. The van der Waals surface area contributed by atoms with Crippen molar-refractivity contribution in [3.63, 3.8) is 0 Å². The van der Waals surface area contributed by atoms with Gasteiger partial charge >= 0.3 is 12.2 Å². The van der Waals surface area contributed by atoms with Gasteiger partial charge in [0.2, 0.25) is 0 Å². The van der Waals surface area contributed by atoms with Crippen molar-refractivity contribution in [3.05, 3.63) is 41.7 Å². The maximum Gasteiger partial charge on any atom is 0.416 e. The molecule has 4 rings (SSSR count). The van der Waals surface area contributed by atoms with Crippen LogP contribution in [0, 0.1) is 0 Å². The van der Waals surface area contributed by atoms with Gasteiger partial charge in [-0.05, 0) is 25.1 Å². The highest BCUT2D eigenvalue weighted by Crippen LogP contribution is 2.30. The van der Waals surface area contributed by atoms with E-state index in [4.69, 9.17) is 0 Å². The molecule has 1 aromatic carbocycles. The van der Waals surface area contributed by atoms with Crippen LogP contribution in [-0.2, 0) is 6.18 Å². The number of nitrogens with one attached hydrogen (secondary N) is 1. The Labute approximate surface area is 166 Å². The third-order valence-corrected chi connectivity index (χ3v) is 5.16. The summed E-state index contributed by atoms with van der Waals surface area (Å²) >= 11 is 0. The van der Waals surface area contributed by atoms with E-state index >= 15 is 0 Å². The predicted octanol–water partition coefficient (Wildman–Crippen LogP) is 2.84. The van der Waals surface area contributed by atoms with Crippen LogP contribution in [-0.4, -0.2) is 71.7 Å². The number of amidine groups is 1. The molecule has 29 heavy (non-hydrogen) atoms. The number of anilines is 1. The number of hydrogen-bond donors (Lipinski definition) is 1. The van der Waals surface area contributed by atoms with Crippen LogP contribution in [0.3, 0.4) is 0 Å². The zero-order chi connectivity index (χ0) is 20.6. The van der Waals surface area contributed by atoms with Crippen molar-refractivity contribution in [1.29, 1.82) is 0 Å². The van der Waals surface area contributed by atoms with Crippen LogP contribution in [0.15, 0.2) is 46.1 Å². The number of alkyl halides is 3. The number of urea groups is 1. The van der Waals surface area contributed by atoms with Gasteiger partial charge in [-0.3, -0.25) is 4.99 Å². The third-order valence-electron chi connectivity index (χ3n) is 5.16. The third kappa shape index (κ3) is 4.06. The molecule has 0 aliphatic carbocycles. The Morgan fingerprint density at radius 3 is 2.69 bits per heavy atom. The number of benzene rings is 1. The fourth-order valence-electron chi connectivity index (χ4n) is 3.48. The second-order valence-electron chi connectivity index (χ2n) is 7.19. The van der Waals surface area contributed by atoms with Gasteiger partial charge in [0.25, 0.3) is 0 Å². The zero-order valence-corrected chi connectivity index (χ0v) is 15.9. The van der Waals surface area contributed by atoms with Crippen LogP contribution < -0.4 is 5.32 Å². The standard InChI is InChI=1S/C19H21F3N6O/c1-13-11-23-17-10-16(24-12-28(13)17)26-5-7-27(8-6-26)18(29)25-15-4-2-3-14(9-15)19(20,21)22/h2-4,9-10,12-13H,5-8,11H2,1H3,(H,25,29). The Hall–Kier alpha value is -3.04. The van der Waals surface area contributed by atoms with Gasteiger partial charge in [0, 0.05) is 37.9 Å². The van der Waals surface area contributed by atoms with Crippen molar-refractivity contribution in [1.82, 2.24) is 14.7 Å². The lowest BCUT2D eigenvalue weighted by Gasteiger charge is -2.37. The van der Waals surface area contributed by atoms with E-state index in [1.54, 1.807) is 11.2 Å². The minimum absolute atomic E-state index is 0.125. The first-order valence-corrected chi connectivity index (χ1v) is 9.38. The molecule has 1 fully saturated rings. The molecule has 1 aromatic rings. The van der Waals surface area contributed by atoms with E-state index in [-0.39, 0.29) is 5.69 Å². The largest absolute Gasteiger partial charge is 0.416 e. The van der Waals surface area contributed by atoms with Crippen molar-refractivity contribution < 1.29 is 18.0 Å². The van der Waals surface area contributed by atoms with Gasteiger partial charge in [0.15, 0.2) is 0 Å². The molecule has 1 saturated heterocycles. The molecule has 3 heterocycles. The monoisotopic (exact) mass is 406 g/mol. The number of fused-ring (bicyclic) bond motifs is 1. The minimum atomic E-state index is -4.45. The number of hydrogen-bond acceptors (Lipinski definition) is 5. The molecule has 10 heteroatoms. The molecule has 0 bridgehead atoms. The molecule has 0 radical (unpaired) electrons. The minimum Gasteiger partial charge on any atom is -0.353 e. The molecule has 0 aromatic heterocycles. The molecule has 0 spiro atoms. The van der Waals surface area contributed by atoms with E-state index in [1.807, 2.05) is 11.0 Å². The van der Waals surface area contributed by atoms with Crippen LogP contribution in [0.5, 0.6) is 0 Å². The number of carbonyl (C=O) groups is 1. The van der Waals surface area contributed by atoms with Crippen molar-refractivity contribution in [2.24, 2.45) is 9.98 Å². The maximum atomic E-state index is 12.8. The number of rotatable bonds is 2. The fourth-order valence-corrected chi connectivity index (χ4v) is 3.48. The molecule has 1 unspecified atom stereocenters. The van der Waals surface area contributed by atoms with Gasteiger partial charge in [-0.25, -0.2) is 9.79 Å². The maximum absolute atomic E-state index is 12.8. The molecule has 3 aliphatic rings. The Balaban J connectivity index is 1.34. The van der Waals surface area contributed by atoms with E-state index < -0.39 is 17.8 Å². The number of amides is 2. The van der Waals surface area contributed by atoms with Crippen molar-refractivity contribution in [2.45, 2.75) is 19.1 Å². The molecule has 154 valence electrons. The summed E-state index contributed by atoms with van der Waals surface area (Å²) in [5.41, 5.74) is -0.666. The topological polar surface area (TPSA) is 63.5 Å². The molecule has 0 saturated carbocycles. The lowest BCUT2D eigenvalue weighted by molar-refractivity contribution is -0.137. The lowest BCUT2D eigenvalue weighted by atomic mass is 10.2. The van der Waals surface area contributed by atoms with Crippen molar-refractivity contribution in [2.75, 3.05) is 38.0 Å². The average Bonchev–Trinajstić information content (AvgIpc) is 3.08. The quantitative estimate of drug-likeness (QED) is 0.822. The fraction of sp³-hybridized carbons (Fsp3) is 0.421. The van der Waals surface area contributed by atoms with Gasteiger partial charge in [-0.2, -0.15) is 13.2 Å². The van der Waals surface area contributed by atoms with Crippen LogP contribution in [0.2, 0.25) is 0 Å². The summed E-state index contributed by atoms with van der Waals surface area (Å²) in [6.45, 7) is 4.90. The van der Waals surface area contributed by atoms with Crippen molar-refractivity contribution in [3.8, 4) is 0 Å². The second-order valence-corrected chi connectivity index (χ2v) is 7.19. The summed E-state index contributed by atoms with van der Waals surface area (Å²) < 4.78 is 38.5. The van der Waals surface area contributed by atoms with Crippen molar-refractivity contribution >= 4 is 23.9 Å². The summed E-state index contributed by atoms with van der Waals surface area (Å²) in [5.74, 6) is 1.71. The van der Waals surface area contributed by atoms with E-state index in [0.717, 1.165) is 30.3 Å². The molecule has 3 aliphatic heterocycles. The summed E-state index contributed by atoms with van der Waals surface area (Å²) in [7, 11) is 0. The summed E-state index contributed by atoms with van der Waals surface area (Å²) in [6.07, 6.45) is -0.710. The first-order valence-electron chi connectivity index (χ1n) is 9.38. The van der Waals surface area contributed by atoms with Gasteiger partial charge in [-0.1, -0.05) is 6.07 Å². The highest BCUT2D eigenvalue weighted by molar-refractivity contribution is 6.03. The molecule has 7 nitrogen and oxygen atoms in total. The SMILES string of the molecule is CC1CN=C2C=C(N3CCN(C(=O)Nc4cccc(C(F)(F)F)c4)CC3)N=CN21. The number of aliphatic imine (C=N–C) groups is 2. The zero-order valence-electron chi connectivity index (χ0n) is 15.9. The predicted molar refractivity (Wildman–Crippen MR) is 104 cm³/mol.